The van der Waals surface area contributed by atoms with Gasteiger partial charge in [-0.2, -0.15) is 0 Å². The maximum absolute atomic E-state index is 13.1. The van der Waals surface area contributed by atoms with E-state index >= 15 is 0 Å². The highest BCUT2D eigenvalue weighted by Crippen LogP contribution is 2.38. The maximum Gasteiger partial charge on any atom is 0.334 e. The number of non-ortho nitro benzene ring substituents is 1. The molecular formula is C23H23N3O9S. The van der Waals surface area contributed by atoms with E-state index < -0.39 is 57.3 Å². The molecular weight excluding hydrogens is 494 g/mol. The molecule has 0 aliphatic carbocycles. The third-order valence-electron chi connectivity index (χ3n) is 5.76. The molecule has 12 nitrogen and oxygen atoms in total. The Morgan fingerprint density at radius 3 is 2.33 bits per heavy atom. The molecule has 3 rings (SSSR count). The van der Waals surface area contributed by atoms with Crippen LogP contribution in [0.1, 0.15) is 12.5 Å². The van der Waals surface area contributed by atoms with Gasteiger partial charge in [0.1, 0.15) is 11.8 Å². The third-order valence-corrected chi connectivity index (χ3v) is 6.65. The molecule has 4 unspecified atom stereocenters. The van der Waals surface area contributed by atoms with Crippen molar-refractivity contribution in [3.05, 3.63) is 82.4 Å². The minimum Gasteiger partial charge on any atom is -0.484 e. The van der Waals surface area contributed by atoms with Crippen LogP contribution in [0.4, 0.5) is 5.69 Å². The first-order chi connectivity index (χ1) is 17.0. The summed E-state index contributed by atoms with van der Waals surface area (Å²) in [4.78, 5) is 49.0. The number of ether oxygens (including phenoxy) is 1. The number of likely N-dealkylation sites (tertiary alicyclic amines) is 1. The zero-order valence-corrected chi connectivity index (χ0v) is 19.8. The molecule has 0 bridgehead atoms. The van der Waals surface area contributed by atoms with Crippen molar-refractivity contribution in [3.8, 4) is 5.75 Å². The van der Waals surface area contributed by atoms with Crippen LogP contribution in [0.5, 0.6) is 5.75 Å². The molecule has 1 saturated heterocycles. The largest absolute Gasteiger partial charge is 0.484 e. The number of benzene rings is 2. The fourth-order valence-electron chi connectivity index (χ4n) is 3.92. The highest BCUT2D eigenvalue weighted by molar-refractivity contribution is 7.80. The lowest BCUT2D eigenvalue weighted by Crippen LogP contribution is -2.79. The lowest BCUT2D eigenvalue weighted by Gasteiger charge is -2.53. The lowest BCUT2D eigenvalue weighted by molar-refractivity contribution is -0.384. The van der Waals surface area contributed by atoms with Gasteiger partial charge < -0.3 is 24.6 Å². The van der Waals surface area contributed by atoms with Gasteiger partial charge in [0.15, 0.2) is 28.6 Å². The highest BCUT2D eigenvalue weighted by Gasteiger charge is 2.63. The molecule has 3 N–H and O–H groups in total. The van der Waals surface area contributed by atoms with Crippen molar-refractivity contribution in [1.29, 1.82) is 0 Å². The molecule has 2 aromatic carbocycles. The minimum atomic E-state index is -2.75. The molecule has 0 radical (unpaired) electrons. The van der Waals surface area contributed by atoms with Gasteiger partial charge in [-0.15, -0.1) is 0 Å². The van der Waals surface area contributed by atoms with Gasteiger partial charge in [0, 0.05) is 18.6 Å². The predicted octanol–water partition coefficient (Wildman–Crippen LogP) is 1.49. The Kier molecular flexibility index (Phi) is 7.85. The summed E-state index contributed by atoms with van der Waals surface area (Å²) in [5, 5.41) is 21.8. The van der Waals surface area contributed by atoms with Gasteiger partial charge in [-0.3, -0.25) is 19.7 Å². The van der Waals surface area contributed by atoms with Crippen molar-refractivity contribution < 1.29 is 37.9 Å². The van der Waals surface area contributed by atoms with Crippen LogP contribution in [-0.2, 0) is 31.9 Å². The van der Waals surface area contributed by atoms with E-state index in [2.05, 4.69) is 11.9 Å². The van der Waals surface area contributed by atoms with Crippen molar-refractivity contribution in [1.82, 2.24) is 10.2 Å². The first-order valence-corrected chi connectivity index (χ1v) is 11.7. The van der Waals surface area contributed by atoms with E-state index in [-0.39, 0.29) is 17.7 Å². The summed E-state index contributed by atoms with van der Waals surface area (Å²) in [5.74, 6) is -2.78. The number of carboxylic acid groups (broad SMARTS) is 1. The zero-order valence-electron chi connectivity index (χ0n) is 19.0. The van der Waals surface area contributed by atoms with E-state index in [0.717, 1.165) is 4.90 Å². The second-order valence-corrected chi connectivity index (χ2v) is 9.10. The number of nitro groups is 1. The Morgan fingerprint density at radius 1 is 1.22 bits per heavy atom. The average molecular weight is 518 g/mol. The molecule has 2 amide bonds. The number of carbonyl (C=O) groups excluding carboxylic acids is 2. The van der Waals surface area contributed by atoms with Crippen molar-refractivity contribution in [2.45, 2.75) is 30.3 Å². The van der Waals surface area contributed by atoms with Gasteiger partial charge in [-0.1, -0.05) is 36.9 Å². The highest BCUT2D eigenvalue weighted by atomic mass is 32.2. The first-order valence-electron chi connectivity index (χ1n) is 10.5. The summed E-state index contributed by atoms with van der Waals surface area (Å²) in [5.41, 5.74) is -2.08. The van der Waals surface area contributed by atoms with Crippen LogP contribution in [0.3, 0.4) is 0 Å². The molecule has 36 heavy (non-hydrogen) atoms. The Labute approximate surface area is 208 Å². The van der Waals surface area contributed by atoms with Crippen LogP contribution in [-0.4, -0.2) is 65.0 Å². The summed E-state index contributed by atoms with van der Waals surface area (Å²) in [6.07, 6.45) is -0.382. The van der Waals surface area contributed by atoms with Crippen LogP contribution in [0.15, 0.2) is 66.7 Å². The van der Waals surface area contributed by atoms with E-state index in [1.807, 2.05) is 0 Å². The van der Waals surface area contributed by atoms with Gasteiger partial charge in [-0.25, -0.2) is 9.00 Å². The Balaban J connectivity index is 1.85. The summed E-state index contributed by atoms with van der Waals surface area (Å²) in [6, 6.07) is 11.9. The molecule has 190 valence electrons. The summed E-state index contributed by atoms with van der Waals surface area (Å²) < 4.78 is 27.5. The number of carboxylic acids is 1. The number of rotatable bonds is 11. The standard InChI is InChI=1S/C23H23N3O9S/c1-14(2)23(22(29)30,12-15-8-10-16(11-9-15)26(31)32)25-20(28)19(21(25)36(33)34)24-18(27)13-35-17-6-4-3-5-7-17/h3-11,19,21H,1,12-13H2,2H3,(H,24,27)(H,29,30)(H,33,34). The maximum atomic E-state index is 13.1. The van der Waals surface area contributed by atoms with Crippen molar-refractivity contribution in [2.75, 3.05) is 6.61 Å². The van der Waals surface area contributed by atoms with Gasteiger partial charge in [-0.05, 0) is 30.2 Å². The number of nitrogens with zero attached hydrogens (tertiary/aromatic N) is 2. The van der Waals surface area contributed by atoms with E-state index in [0.29, 0.717) is 11.3 Å². The summed E-state index contributed by atoms with van der Waals surface area (Å²) in [7, 11) is 0. The molecule has 1 fully saturated rings. The fraction of sp³-hybridized carbons (Fsp3) is 0.261. The molecule has 0 spiro atoms. The Bertz CT molecular complexity index is 1200. The van der Waals surface area contributed by atoms with Crippen LogP contribution in [0.2, 0.25) is 0 Å². The van der Waals surface area contributed by atoms with Gasteiger partial charge in [0.05, 0.1) is 4.92 Å². The van der Waals surface area contributed by atoms with E-state index in [1.54, 1.807) is 30.3 Å². The predicted molar refractivity (Wildman–Crippen MR) is 127 cm³/mol. The summed E-state index contributed by atoms with van der Waals surface area (Å²) in [6.45, 7) is 4.57. The van der Waals surface area contributed by atoms with Gasteiger partial charge in [0.2, 0.25) is 0 Å². The van der Waals surface area contributed by atoms with Crippen LogP contribution in [0.25, 0.3) is 0 Å². The number of nitrogens with one attached hydrogen (secondary N) is 1. The second-order valence-electron chi connectivity index (χ2n) is 8.07. The molecule has 0 saturated carbocycles. The zero-order chi connectivity index (χ0) is 26.6. The molecule has 2 aromatic rings. The van der Waals surface area contributed by atoms with Gasteiger partial charge >= 0.3 is 5.97 Å². The molecule has 1 heterocycles. The minimum absolute atomic E-state index is 0.0191. The topological polar surface area (TPSA) is 176 Å². The number of para-hydroxylation sites is 1. The number of nitro benzene ring substituents is 1. The van der Waals surface area contributed by atoms with Crippen molar-refractivity contribution in [2.24, 2.45) is 0 Å². The Hall–Kier alpha value is -4.10. The average Bonchev–Trinajstić information content (AvgIpc) is 2.83. The van der Waals surface area contributed by atoms with Gasteiger partial charge in [0.25, 0.3) is 17.5 Å². The second kappa shape index (κ2) is 10.7. The number of carbonyl (C=O) groups is 3. The molecule has 13 heteroatoms. The van der Waals surface area contributed by atoms with E-state index in [1.165, 1.54) is 31.2 Å². The van der Waals surface area contributed by atoms with Crippen molar-refractivity contribution in [3.63, 3.8) is 0 Å². The van der Waals surface area contributed by atoms with Crippen LogP contribution >= 0.6 is 0 Å². The third kappa shape index (κ3) is 5.11. The van der Waals surface area contributed by atoms with Crippen LogP contribution in [0, 0.1) is 10.1 Å². The molecule has 0 aromatic heterocycles. The monoisotopic (exact) mass is 517 g/mol. The SMILES string of the molecule is C=C(C)C(Cc1ccc([N+](=O)[O-])cc1)(C(=O)O)N1C(=O)C(NC(=O)COc2ccccc2)C1S(=O)O. The van der Waals surface area contributed by atoms with E-state index in [9.17, 15) is 38.4 Å². The number of amides is 2. The summed E-state index contributed by atoms with van der Waals surface area (Å²) >= 11 is -2.75. The molecule has 4 atom stereocenters. The molecule has 1 aliphatic rings. The fourth-order valence-corrected chi connectivity index (χ4v) is 4.81. The Morgan fingerprint density at radius 2 is 1.83 bits per heavy atom. The smallest absolute Gasteiger partial charge is 0.334 e. The quantitative estimate of drug-likeness (QED) is 0.131. The van der Waals surface area contributed by atoms with E-state index in [4.69, 9.17) is 4.74 Å². The normalized spacial score (nSPS) is 19.4. The number of hydrogen-bond donors (Lipinski definition) is 3. The number of aliphatic carboxylic acids is 1. The number of β-lactam (4-membered cyclic amide) rings is 1. The number of hydrogen-bond acceptors (Lipinski definition) is 7. The van der Waals surface area contributed by atoms with Crippen molar-refractivity contribution >= 4 is 34.6 Å². The first kappa shape index (κ1) is 26.5. The lowest BCUT2D eigenvalue weighted by atomic mass is 9.80. The molecule has 1 aliphatic heterocycles. The van der Waals surface area contributed by atoms with Crippen LogP contribution < -0.4 is 10.1 Å².